The number of rotatable bonds is 0. The minimum absolute atomic E-state index is 0.0741. The lowest BCUT2D eigenvalue weighted by Crippen LogP contribution is -2.21. The van der Waals surface area contributed by atoms with Crippen molar-refractivity contribution < 1.29 is 10.2 Å². The Hall–Kier alpha value is -1.44. The van der Waals surface area contributed by atoms with E-state index in [4.69, 9.17) is 0 Å². The largest absolute Gasteiger partial charge is 0.512 e. The molecule has 2 nitrogen and oxygen atoms in total. The molecule has 0 amide bonds. The topological polar surface area (TPSA) is 40.5 Å². The molecule has 0 aromatic carbocycles. The van der Waals surface area contributed by atoms with Crippen LogP contribution in [-0.2, 0) is 0 Å². The zero-order chi connectivity index (χ0) is 9.42. The average molecular weight is 176 g/mol. The molecule has 0 aromatic heterocycles. The summed E-state index contributed by atoms with van der Waals surface area (Å²) in [6.07, 6.45) is 9.22. The van der Waals surface area contributed by atoms with Crippen LogP contribution in [0.5, 0.6) is 0 Å². The van der Waals surface area contributed by atoms with Crippen LogP contribution in [0.15, 0.2) is 47.5 Å². The normalized spacial score (nSPS) is 31.6. The quantitative estimate of drug-likeness (QED) is 0.595. The summed E-state index contributed by atoms with van der Waals surface area (Å²) in [6, 6.07) is 0. The molecule has 0 saturated carbocycles. The van der Waals surface area contributed by atoms with Gasteiger partial charge in [0.1, 0.15) is 11.5 Å². The zero-order valence-electron chi connectivity index (χ0n) is 7.44. The SMILES string of the molecule is CC1=C(O)C2C=CC=CC2C(O)=C1. The van der Waals surface area contributed by atoms with E-state index in [1.807, 2.05) is 24.3 Å². The van der Waals surface area contributed by atoms with E-state index in [0.29, 0.717) is 11.5 Å². The van der Waals surface area contributed by atoms with Gasteiger partial charge in [-0.15, -0.1) is 0 Å². The minimum atomic E-state index is -0.0753. The van der Waals surface area contributed by atoms with Crippen molar-refractivity contribution in [2.24, 2.45) is 11.8 Å². The molecule has 0 heterocycles. The summed E-state index contributed by atoms with van der Waals surface area (Å²) in [7, 11) is 0. The van der Waals surface area contributed by atoms with Gasteiger partial charge in [0.25, 0.3) is 0 Å². The van der Waals surface area contributed by atoms with Crippen molar-refractivity contribution in [1.29, 1.82) is 0 Å². The van der Waals surface area contributed by atoms with Gasteiger partial charge in [0.05, 0.1) is 0 Å². The second-order valence-electron chi connectivity index (χ2n) is 3.46. The second kappa shape index (κ2) is 2.80. The molecule has 2 N–H and O–H groups in total. The third kappa shape index (κ3) is 1.18. The van der Waals surface area contributed by atoms with Crippen LogP contribution in [0.25, 0.3) is 0 Å². The Morgan fingerprint density at radius 1 is 1.08 bits per heavy atom. The highest BCUT2D eigenvalue weighted by Gasteiger charge is 2.29. The molecule has 0 saturated heterocycles. The molecule has 0 spiro atoms. The van der Waals surface area contributed by atoms with Gasteiger partial charge in [-0.2, -0.15) is 0 Å². The van der Waals surface area contributed by atoms with Gasteiger partial charge >= 0.3 is 0 Å². The summed E-state index contributed by atoms with van der Waals surface area (Å²) in [4.78, 5) is 0. The first-order valence-corrected chi connectivity index (χ1v) is 4.35. The Kier molecular flexibility index (Phi) is 1.76. The van der Waals surface area contributed by atoms with E-state index in [1.54, 1.807) is 13.0 Å². The van der Waals surface area contributed by atoms with Gasteiger partial charge in [-0.25, -0.2) is 0 Å². The maximum Gasteiger partial charge on any atom is 0.103 e. The van der Waals surface area contributed by atoms with Crippen LogP contribution in [0.1, 0.15) is 6.92 Å². The van der Waals surface area contributed by atoms with Gasteiger partial charge in [0, 0.05) is 11.8 Å². The first-order chi connectivity index (χ1) is 6.20. The molecule has 0 fully saturated rings. The first kappa shape index (κ1) is 8.17. The zero-order valence-corrected chi connectivity index (χ0v) is 7.44. The molecule has 0 bridgehead atoms. The van der Waals surface area contributed by atoms with E-state index in [-0.39, 0.29) is 11.8 Å². The van der Waals surface area contributed by atoms with Crippen molar-refractivity contribution in [3.63, 3.8) is 0 Å². The van der Waals surface area contributed by atoms with Crippen LogP contribution in [0.3, 0.4) is 0 Å². The molecular formula is C11H12O2. The predicted octanol–water partition coefficient (Wildman–Crippen LogP) is 2.63. The molecular weight excluding hydrogens is 164 g/mol. The molecule has 0 aliphatic heterocycles. The molecule has 2 aliphatic rings. The summed E-state index contributed by atoms with van der Waals surface area (Å²) >= 11 is 0. The van der Waals surface area contributed by atoms with Gasteiger partial charge in [-0.3, -0.25) is 0 Å². The van der Waals surface area contributed by atoms with Gasteiger partial charge in [-0.1, -0.05) is 24.3 Å². The molecule has 2 atom stereocenters. The molecule has 0 aromatic rings. The fourth-order valence-corrected chi connectivity index (χ4v) is 1.81. The summed E-state index contributed by atoms with van der Waals surface area (Å²) in [5, 5.41) is 19.4. The van der Waals surface area contributed by atoms with Gasteiger partial charge < -0.3 is 10.2 Å². The van der Waals surface area contributed by atoms with Crippen molar-refractivity contribution in [2.75, 3.05) is 0 Å². The second-order valence-corrected chi connectivity index (χ2v) is 3.46. The molecule has 2 aliphatic carbocycles. The van der Waals surface area contributed by atoms with Crippen LogP contribution in [-0.4, -0.2) is 10.2 Å². The van der Waals surface area contributed by atoms with Crippen molar-refractivity contribution in [3.8, 4) is 0 Å². The maximum atomic E-state index is 9.73. The van der Waals surface area contributed by atoms with Gasteiger partial charge in [0.2, 0.25) is 0 Å². The number of allylic oxidation sites excluding steroid dienone is 6. The summed E-state index contributed by atoms with van der Waals surface area (Å²) in [6.45, 7) is 1.80. The van der Waals surface area contributed by atoms with E-state index in [9.17, 15) is 10.2 Å². The number of hydrogen-bond donors (Lipinski definition) is 2. The van der Waals surface area contributed by atoms with Gasteiger partial charge in [-0.05, 0) is 18.6 Å². The minimum Gasteiger partial charge on any atom is -0.512 e. The molecule has 13 heavy (non-hydrogen) atoms. The number of hydrogen-bond acceptors (Lipinski definition) is 2. The van der Waals surface area contributed by atoms with Crippen molar-refractivity contribution in [1.82, 2.24) is 0 Å². The van der Waals surface area contributed by atoms with Gasteiger partial charge in [0.15, 0.2) is 0 Å². The molecule has 2 heteroatoms. The van der Waals surface area contributed by atoms with E-state index < -0.39 is 0 Å². The molecule has 0 radical (unpaired) electrons. The third-order valence-corrected chi connectivity index (χ3v) is 2.56. The Balaban J connectivity index is 2.45. The van der Waals surface area contributed by atoms with Crippen LogP contribution in [0.2, 0.25) is 0 Å². The number of aliphatic hydroxyl groups excluding tert-OH is 2. The Bertz CT molecular complexity index is 345. The first-order valence-electron chi connectivity index (χ1n) is 4.35. The van der Waals surface area contributed by atoms with Crippen LogP contribution in [0.4, 0.5) is 0 Å². The average Bonchev–Trinajstić information content (AvgIpc) is 2.15. The Labute approximate surface area is 77.2 Å². The van der Waals surface area contributed by atoms with Crippen LogP contribution < -0.4 is 0 Å². The lowest BCUT2D eigenvalue weighted by Gasteiger charge is -2.27. The summed E-state index contributed by atoms with van der Waals surface area (Å²) in [5.74, 6) is 0.549. The smallest absolute Gasteiger partial charge is 0.103 e. The van der Waals surface area contributed by atoms with Crippen LogP contribution >= 0.6 is 0 Å². The van der Waals surface area contributed by atoms with E-state index in [0.717, 1.165) is 5.57 Å². The van der Waals surface area contributed by atoms with Crippen molar-refractivity contribution in [2.45, 2.75) is 6.92 Å². The van der Waals surface area contributed by atoms with Crippen molar-refractivity contribution in [3.05, 3.63) is 47.5 Å². The van der Waals surface area contributed by atoms with Crippen molar-refractivity contribution >= 4 is 0 Å². The highest BCUT2D eigenvalue weighted by atomic mass is 16.3. The Morgan fingerprint density at radius 3 is 2.38 bits per heavy atom. The lowest BCUT2D eigenvalue weighted by atomic mass is 9.80. The highest BCUT2D eigenvalue weighted by Crippen LogP contribution is 2.35. The van der Waals surface area contributed by atoms with E-state index in [1.165, 1.54) is 0 Å². The fourth-order valence-electron chi connectivity index (χ4n) is 1.81. The highest BCUT2D eigenvalue weighted by molar-refractivity contribution is 5.37. The summed E-state index contributed by atoms with van der Waals surface area (Å²) in [5.41, 5.74) is 0.749. The number of aliphatic hydroxyl groups is 2. The molecule has 2 rings (SSSR count). The Morgan fingerprint density at radius 2 is 1.69 bits per heavy atom. The summed E-state index contributed by atoms with van der Waals surface area (Å²) < 4.78 is 0. The lowest BCUT2D eigenvalue weighted by molar-refractivity contribution is 0.268. The molecule has 2 unspecified atom stereocenters. The monoisotopic (exact) mass is 176 g/mol. The maximum absolute atomic E-state index is 9.73. The van der Waals surface area contributed by atoms with E-state index >= 15 is 0 Å². The fraction of sp³-hybridized carbons (Fsp3) is 0.273. The van der Waals surface area contributed by atoms with Crippen LogP contribution in [0, 0.1) is 11.8 Å². The standard InChI is InChI=1S/C11H12O2/c1-7-6-10(12)8-4-2-3-5-9(8)11(7)13/h2-6,8-9,12-13H,1H3. The predicted molar refractivity (Wildman–Crippen MR) is 51.3 cm³/mol. The molecule has 68 valence electrons. The third-order valence-electron chi connectivity index (χ3n) is 2.56. The number of fused-ring (bicyclic) bond motifs is 1. The van der Waals surface area contributed by atoms with E-state index in [2.05, 4.69) is 0 Å².